The molecule has 1 rings (SSSR count). The highest BCUT2D eigenvalue weighted by atomic mass is 32.1. The fraction of sp³-hybridized carbons (Fsp3) is 0.533. The molecule has 1 amide bonds. The van der Waals surface area contributed by atoms with Crippen molar-refractivity contribution in [2.45, 2.75) is 31.2 Å². The van der Waals surface area contributed by atoms with Gasteiger partial charge in [-0.05, 0) is 50.7 Å². The van der Waals surface area contributed by atoms with Gasteiger partial charge in [0.2, 0.25) is 0 Å². The molecule has 0 fully saturated rings. The zero-order valence-electron chi connectivity index (χ0n) is 12.2. The van der Waals surface area contributed by atoms with Crippen LogP contribution in [0.1, 0.15) is 30.6 Å². The summed E-state index contributed by atoms with van der Waals surface area (Å²) < 4.78 is 0. The first-order chi connectivity index (χ1) is 8.88. The molecule has 0 heterocycles. The normalized spacial score (nSPS) is 12.8. The number of rotatable bonds is 6. The molecular formula is C15H24N2OS. The number of nitrogens with zero attached hydrogens (tertiary/aromatic N) is 1. The molecule has 0 spiro atoms. The number of nitrogens with one attached hydrogen (secondary N) is 1. The van der Waals surface area contributed by atoms with Gasteiger partial charge in [0.1, 0.15) is 0 Å². The van der Waals surface area contributed by atoms with E-state index in [1.807, 2.05) is 26.2 Å². The summed E-state index contributed by atoms with van der Waals surface area (Å²) in [7, 11) is 4.05. The van der Waals surface area contributed by atoms with Gasteiger partial charge in [0.05, 0.1) is 0 Å². The second-order valence-electron chi connectivity index (χ2n) is 5.61. The molecule has 0 aliphatic carbocycles. The Kier molecular flexibility index (Phi) is 6.38. The molecule has 1 aromatic carbocycles. The van der Waals surface area contributed by atoms with E-state index in [9.17, 15) is 4.79 Å². The van der Waals surface area contributed by atoms with E-state index in [1.165, 1.54) is 0 Å². The van der Waals surface area contributed by atoms with Gasteiger partial charge in [-0.1, -0.05) is 13.8 Å². The van der Waals surface area contributed by atoms with Crippen LogP contribution in [0, 0.1) is 5.92 Å². The molecule has 0 aliphatic heterocycles. The van der Waals surface area contributed by atoms with Crippen LogP contribution in [0.15, 0.2) is 29.2 Å². The molecule has 0 saturated heterocycles. The van der Waals surface area contributed by atoms with E-state index >= 15 is 0 Å². The lowest BCUT2D eigenvalue weighted by molar-refractivity contribution is 0.0924. The summed E-state index contributed by atoms with van der Waals surface area (Å²) in [6.07, 6.45) is 0.981. The maximum absolute atomic E-state index is 12.2. The van der Waals surface area contributed by atoms with Gasteiger partial charge in [0, 0.05) is 23.0 Å². The van der Waals surface area contributed by atoms with Crippen LogP contribution in [0.3, 0.4) is 0 Å². The van der Waals surface area contributed by atoms with Gasteiger partial charge in [-0.2, -0.15) is 0 Å². The third-order valence-electron chi connectivity index (χ3n) is 2.81. The summed E-state index contributed by atoms with van der Waals surface area (Å²) in [4.78, 5) is 15.1. The molecule has 3 nitrogen and oxygen atoms in total. The topological polar surface area (TPSA) is 32.3 Å². The number of likely N-dealkylation sites (N-methyl/N-ethyl adjacent to an activating group) is 1. The Morgan fingerprint density at radius 2 is 1.84 bits per heavy atom. The summed E-state index contributed by atoms with van der Waals surface area (Å²) in [6.45, 7) is 5.20. The molecule has 1 aromatic rings. The van der Waals surface area contributed by atoms with Gasteiger partial charge in [-0.3, -0.25) is 4.79 Å². The Morgan fingerprint density at radius 3 is 2.32 bits per heavy atom. The fourth-order valence-corrected chi connectivity index (χ4v) is 2.22. The van der Waals surface area contributed by atoms with Crippen LogP contribution in [-0.4, -0.2) is 37.5 Å². The quantitative estimate of drug-likeness (QED) is 0.785. The smallest absolute Gasteiger partial charge is 0.251 e. The lowest BCUT2D eigenvalue weighted by Gasteiger charge is -2.24. The predicted molar refractivity (Wildman–Crippen MR) is 83.0 cm³/mol. The molecule has 1 atom stereocenters. The largest absolute Gasteiger partial charge is 0.348 e. The van der Waals surface area contributed by atoms with E-state index in [1.54, 1.807) is 12.1 Å². The number of hydrogen-bond acceptors (Lipinski definition) is 3. The second kappa shape index (κ2) is 7.56. The summed E-state index contributed by atoms with van der Waals surface area (Å²) in [6, 6.07) is 7.46. The Hall–Kier alpha value is -1.00. The molecule has 1 unspecified atom stereocenters. The van der Waals surface area contributed by atoms with Crippen LogP contribution in [0.4, 0.5) is 0 Å². The highest BCUT2D eigenvalue weighted by molar-refractivity contribution is 7.80. The molecule has 0 bridgehead atoms. The number of carbonyl (C=O) groups excluding carboxylic acids is 1. The molecule has 19 heavy (non-hydrogen) atoms. The van der Waals surface area contributed by atoms with Gasteiger partial charge in [-0.25, -0.2) is 0 Å². The lowest BCUT2D eigenvalue weighted by atomic mass is 10.0. The van der Waals surface area contributed by atoms with E-state index in [4.69, 9.17) is 0 Å². The van der Waals surface area contributed by atoms with Crippen molar-refractivity contribution in [1.82, 2.24) is 10.2 Å². The Balaban J connectivity index is 2.66. The van der Waals surface area contributed by atoms with Crippen LogP contribution in [0.25, 0.3) is 0 Å². The first-order valence-electron chi connectivity index (χ1n) is 6.63. The van der Waals surface area contributed by atoms with E-state index in [0.717, 1.165) is 17.9 Å². The number of benzene rings is 1. The highest BCUT2D eigenvalue weighted by Crippen LogP contribution is 2.10. The molecular weight excluding hydrogens is 256 g/mol. The fourth-order valence-electron chi connectivity index (χ4n) is 2.07. The standard InChI is InChI=1S/C15H24N2OS/c1-11(2)9-13(10-17(3)4)16-15(18)12-5-7-14(19)8-6-12/h5-8,11,13,19H,9-10H2,1-4H3,(H,16,18). The van der Waals surface area contributed by atoms with Crippen molar-refractivity contribution in [3.8, 4) is 0 Å². The number of thiol groups is 1. The zero-order chi connectivity index (χ0) is 14.4. The van der Waals surface area contributed by atoms with Crippen LogP contribution in [-0.2, 0) is 0 Å². The summed E-state index contributed by atoms with van der Waals surface area (Å²) in [5.74, 6) is 0.547. The zero-order valence-corrected chi connectivity index (χ0v) is 13.1. The summed E-state index contributed by atoms with van der Waals surface area (Å²) >= 11 is 4.22. The Labute approximate surface area is 121 Å². The van der Waals surface area contributed by atoms with Gasteiger partial charge < -0.3 is 10.2 Å². The summed E-state index contributed by atoms with van der Waals surface area (Å²) in [5, 5.41) is 3.11. The van der Waals surface area contributed by atoms with Crippen molar-refractivity contribution in [1.29, 1.82) is 0 Å². The van der Waals surface area contributed by atoms with E-state index in [0.29, 0.717) is 11.5 Å². The molecule has 1 N–H and O–H groups in total. The molecule has 106 valence electrons. The SMILES string of the molecule is CC(C)CC(CN(C)C)NC(=O)c1ccc(S)cc1. The third-order valence-corrected chi connectivity index (χ3v) is 3.10. The van der Waals surface area contributed by atoms with Crippen molar-refractivity contribution in [3.05, 3.63) is 29.8 Å². The first-order valence-corrected chi connectivity index (χ1v) is 7.08. The van der Waals surface area contributed by atoms with E-state index < -0.39 is 0 Å². The van der Waals surface area contributed by atoms with Crippen molar-refractivity contribution in [2.75, 3.05) is 20.6 Å². The molecule has 0 saturated carbocycles. The molecule has 0 aliphatic rings. The highest BCUT2D eigenvalue weighted by Gasteiger charge is 2.15. The average molecular weight is 280 g/mol. The minimum absolute atomic E-state index is 0.0131. The second-order valence-corrected chi connectivity index (χ2v) is 6.13. The number of carbonyl (C=O) groups is 1. The maximum atomic E-state index is 12.2. The predicted octanol–water partition coefficient (Wildman–Crippen LogP) is 2.68. The lowest BCUT2D eigenvalue weighted by Crippen LogP contribution is -2.42. The summed E-state index contributed by atoms with van der Waals surface area (Å²) in [5.41, 5.74) is 0.685. The number of hydrogen-bond donors (Lipinski definition) is 2. The van der Waals surface area contributed by atoms with Crippen LogP contribution >= 0.6 is 12.6 Å². The molecule has 0 radical (unpaired) electrons. The molecule has 4 heteroatoms. The van der Waals surface area contributed by atoms with Gasteiger partial charge in [0.25, 0.3) is 5.91 Å². The van der Waals surface area contributed by atoms with Crippen molar-refractivity contribution < 1.29 is 4.79 Å². The monoisotopic (exact) mass is 280 g/mol. The van der Waals surface area contributed by atoms with Crippen molar-refractivity contribution in [3.63, 3.8) is 0 Å². The van der Waals surface area contributed by atoms with Crippen molar-refractivity contribution in [2.24, 2.45) is 5.92 Å². The molecule has 0 aromatic heterocycles. The Bertz CT molecular complexity index is 391. The van der Waals surface area contributed by atoms with E-state index in [2.05, 4.69) is 36.7 Å². The average Bonchev–Trinajstić information content (AvgIpc) is 2.27. The van der Waals surface area contributed by atoms with Crippen LogP contribution in [0.5, 0.6) is 0 Å². The van der Waals surface area contributed by atoms with Gasteiger partial charge in [0.15, 0.2) is 0 Å². The number of amides is 1. The van der Waals surface area contributed by atoms with Gasteiger partial charge >= 0.3 is 0 Å². The van der Waals surface area contributed by atoms with Crippen LogP contribution < -0.4 is 5.32 Å². The van der Waals surface area contributed by atoms with Gasteiger partial charge in [-0.15, -0.1) is 12.6 Å². The van der Waals surface area contributed by atoms with Crippen molar-refractivity contribution >= 4 is 18.5 Å². The first kappa shape index (κ1) is 16.1. The minimum Gasteiger partial charge on any atom is -0.348 e. The van der Waals surface area contributed by atoms with E-state index in [-0.39, 0.29) is 11.9 Å². The Morgan fingerprint density at radius 1 is 1.26 bits per heavy atom. The minimum atomic E-state index is -0.0131. The maximum Gasteiger partial charge on any atom is 0.251 e. The van der Waals surface area contributed by atoms with Crippen LogP contribution in [0.2, 0.25) is 0 Å². The third kappa shape index (κ3) is 6.12.